The van der Waals surface area contributed by atoms with Crippen LogP contribution < -0.4 is 15.8 Å². The lowest BCUT2D eigenvalue weighted by molar-refractivity contribution is 0.102. The number of nitrogens with zero attached hydrogens (tertiary/aromatic N) is 3. The van der Waals surface area contributed by atoms with E-state index in [2.05, 4.69) is 25.0 Å². The highest BCUT2D eigenvalue weighted by Crippen LogP contribution is 2.35. The summed E-state index contributed by atoms with van der Waals surface area (Å²) in [5, 5.41) is 2.99. The zero-order valence-corrected chi connectivity index (χ0v) is 15.0. The van der Waals surface area contributed by atoms with Crippen LogP contribution in [0.5, 0.6) is 5.75 Å². The molecule has 0 saturated heterocycles. The summed E-state index contributed by atoms with van der Waals surface area (Å²) in [5.74, 6) is 0.376. The van der Waals surface area contributed by atoms with Crippen molar-refractivity contribution in [3.05, 3.63) is 48.0 Å². The van der Waals surface area contributed by atoms with E-state index in [1.165, 1.54) is 36.3 Å². The number of nitrogens with one attached hydrogen (secondary N) is 1. The molecule has 3 rings (SSSR count). The van der Waals surface area contributed by atoms with Crippen LogP contribution in [-0.2, 0) is 5.54 Å². The lowest BCUT2D eigenvalue weighted by Crippen LogP contribution is -2.34. The van der Waals surface area contributed by atoms with Crippen LogP contribution in [0.4, 0.5) is 14.5 Å². The van der Waals surface area contributed by atoms with E-state index in [-0.39, 0.29) is 11.4 Å². The maximum absolute atomic E-state index is 13.8. The molecule has 1 aliphatic heterocycles. The Hall–Kier alpha value is -2.75. The second kappa shape index (κ2) is 8.30. The Bertz CT molecular complexity index is 849. The normalized spacial score (nSPS) is 19.3. The lowest BCUT2D eigenvalue weighted by atomic mass is 9.93. The predicted molar refractivity (Wildman–Crippen MR) is 99.4 cm³/mol. The smallest absolute Gasteiger partial charge is 0.274 e. The number of carbonyl (C=O) groups is 1. The van der Waals surface area contributed by atoms with Crippen LogP contribution >= 0.6 is 11.8 Å². The van der Waals surface area contributed by atoms with E-state index in [4.69, 9.17) is 5.73 Å². The first-order valence-electron chi connectivity index (χ1n) is 8.03. The molecule has 1 amide bonds. The van der Waals surface area contributed by atoms with E-state index >= 15 is 0 Å². The van der Waals surface area contributed by atoms with Gasteiger partial charge in [-0.1, -0.05) is 11.8 Å². The van der Waals surface area contributed by atoms with Gasteiger partial charge < -0.3 is 15.8 Å². The van der Waals surface area contributed by atoms with E-state index in [0.717, 1.165) is 0 Å². The molecule has 3 N–H and O–H groups in total. The van der Waals surface area contributed by atoms with Crippen LogP contribution in [0.2, 0.25) is 0 Å². The summed E-state index contributed by atoms with van der Waals surface area (Å²) in [6.45, 7) is -1.72. The maximum atomic E-state index is 13.8. The number of anilines is 1. The van der Waals surface area contributed by atoms with Crippen molar-refractivity contribution in [3.63, 3.8) is 0 Å². The number of aliphatic imine (C=N–C) groups is 1. The summed E-state index contributed by atoms with van der Waals surface area (Å²) in [5.41, 5.74) is 5.56. The SMILES string of the molecule is NC1=N[C@](CF)(c2cc(NC(=O)c3ccc(OCF)cn3)ccn2)CCS1. The molecule has 3 heterocycles. The summed E-state index contributed by atoms with van der Waals surface area (Å²) in [4.78, 5) is 24.7. The van der Waals surface area contributed by atoms with Crippen molar-refractivity contribution in [1.29, 1.82) is 0 Å². The third-order valence-corrected chi connectivity index (χ3v) is 4.79. The van der Waals surface area contributed by atoms with Gasteiger partial charge in [0.1, 0.15) is 23.7 Å². The summed E-state index contributed by atoms with van der Waals surface area (Å²) in [7, 11) is 0. The van der Waals surface area contributed by atoms with Gasteiger partial charge in [-0.25, -0.2) is 18.8 Å². The third kappa shape index (κ3) is 4.33. The number of aromatic nitrogens is 2. The molecule has 0 aromatic carbocycles. The quantitative estimate of drug-likeness (QED) is 0.782. The number of alkyl halides is 2. The van der Waals surface area contributed by atoms with Gasteiger partial charge in [0.15, 0.2) is 5.17 Å². The van der Waals surface area contributed by atoms with Crippen LogP contribution in [0, 0.1) is 0 Å². The van der Waals surface area contributed by atoms with Crippen molar-refractivity contribution >= 4 is 28.5 Å². The molecule has 0 bridgehead atoms. The number of carbonyl (C=O) groups excluding carboxylic acids is 1. The van der Waals surface area contributed by atoms with Gasteiger partial charge in [0.05, 0.1) is 11.9 Å². The van der Waals surface area contributed by atoms with Crippen molar-refractivity contribution < 1.29 is 18.3 Å². The standard InChI is InChI=1S/C17H17F2N5O2S/c18-9-17(4-6-27-16(20)24-17)14-7-11(3-5-21-14)23-15(25)13-2-1-12(8-22-13)26-10-19/h1-3,5,7-8H,4,6,9-10H2,(H2,20,24)(H,21,23,25)/t17-/m1/s1. The number of hydrogen-bond acceptors (Lipinski definition) is 7. The van der Waals surface area contributed by atoms with Crippen LogP contribution in [0.3, 0.4) is 0 Å². The minimum absolute atomic E-state index is 0.121. The second-order valence-electron chi connectivity index (χ2n) is 5.73. The monoisotopic (exact) mass is 393 g/mol. The second-order valence-corrected chi connectivity index (χ2v) is 6.85. The van der Waals surface area contributed by atoms with Gasteiger partial charge in [-0.05, 0) is 30.7 Å². The number of ether oxygens (including phenoxy) is 1. The number of amidine groups is 1. The zero-order chi connectivity index (χ0) is 19.3. The number of hydrogen-bond donors (Lipinski definition) is 2. The van der Waals surface area contributed by atoms with E-state index in [9.17, 15) is 13.6 Å². The molecule has 0 unspecified atom stereocenters. The van der Waals surface area contributed by atoms with Gasteiger partial charge >= 0.3 is 0 Å². The summed E-state index contributed by atoms with van der Waals surface area (Å²) in [6, 6.07) is 6.01. The summed E-state index contributed by atoms with van der Waals surface area (Å²) >= 11 is 1.37. The minimum Gasteiger partial charge on any atom is -0.461 e. The first-order valence-corrected chi connectivity index (χ1v) is 9.02. The van der Waals surface area contributed by atoms with Crippen molar-refractivity contribution in [2.75, 3.05) is 24.6 Å². The van der Waals surface area contributed by atoms with Gasteiger partial charge in [-0.2, -0.15) is 0 Å². The van der Waals surface area contributed by atoms with E-state index in [1.807, 2.05) is 0 Å². The Kier molecular flexibility index (Phi) is 5.84. The fourth-order valence-electron chi connectivity index (χ4n) is 2.59. The third-order valence-electron chi connectivity index (χ3n) is 4.00. The number of rotatable bonds is 6. The van der Waals surface area contributed by atoms with Crippen LogP contribution in [0.15, 0.2) is 41.7 Å². The van der Waals surface area contributed by atoms with Crippen molar-refractivity contribution in [2.24, 2.45) is 10.7 Å². The molecule has 142 valence electrons. The average molecular weight is 393 g/mol. The van der Waals surface area contributed by atoms with Gasteiger partial charge in [0, 0.05) is 17.6 Å². The van der Waals surface area contributed by atoms with E-state index in [0.29, 0.717) is 28.7 Å². The minimum atomic E-state index is -1.14. The molecule has 10 heteroatoms. The van der Waals surface area contributed by atoms with E-state index < -0.39 is 25.0 Å². The fraction of sp³-hybridized carbons (Fsp3) is 0.294. The molecular weight excluding hydrogens is 376 g/mol. The highest BCUT2D eigenvalue weighted by atomic mass is 32.2. The topological polar surface area (TPSA) is 102 Å². The summed E-state index contributed by atoms with van der Waals surface area (Å²) in [6.07, 6.45) is 3.18. The van der Waals surface area contributed by atoms with Crippen LogP contribution in [0.1, 0.15) is 22.6 Å². The number of thioether (sulfide) groups is 1. The first-order chi connectivity index (χ1) is 13.1. The molecule has 0 aliphatic carbocycles. The predicted octanol–water partition coefficient (Wildman–Crippen LogP) is 2.65. The fourth-order valence-corrected chi connectivity index (χ4v) is 3.48. The molecule has 0 radical (unpaired) electrons. The molecule has 2 aromatic heterocycles. The Morgan fingerprint density at radius 1 is 1.33 bits per heavy atom. The highest BCUT2D eigenvalue weighted by Gasteiger charge is 2.36. The zero-order valence-electron chi connectivity index (χ0n) is 14.2. The number of nitrogens with two attached hydrogens (primary N) is 1. The van der Waals surface area contributed by atoms with Crippen molar-refractivity contribution in [2.45, 2.75) is 12.0 Å². The molecule has 1 aliphatic rings. The van der Waals surface area contributed by atoms with Crippen LogP contribution in [0.25, 0.3) is 0 Å². The Morgan fingerprint density at radius 2 is 2.19 bits per heavy atom. The maximum Gasteiger partial charge on any atom is 0.274 e. The number of halogens is 2. The molecule has 0 fully saturated rings. The number of amides is 1. The Morgan fingerprint density at radius 3 is 2.85 bits per heavy atom. The number of pyridine rings is 2. The largest absolute Gasteiger partial charge is 0.461 e. The molecule has 27 heavy (non-hydrogen) atoms. The van der Waals surface area contributed by atoms with Gasteiger partial charge in [0.25, 0.3) is 5.91 Å². The summed E-state index contributed by atoms with van der Waals surface area (Å²) < 4.78 is 30.6. The first kappa shape index (κ1) is 19.0. The molecular formula is C17H17F2N5O2S. The van der Waals surface area contributed by atoms with Gasteiger partial charge in [0.2, 0.25) is 6.86 Å². The molecule has 0 saturated carbocycles. The van der Waals surface area contributed by atoms with Crippen molar-refractivity contribution in [1.82, 2.24) is 9.97 Å². The van der Waals surface area contributed by atoms with E-state index in [1.54, 1.807) is 12.1 Å². The molecule has 0 spiro atoms. The molecule has 2 aromatic rings. The highest BCUT2D eigenvalue weighted by molar-refractivity contribution is 8.13. The molecule has 1 atom stereocenters. The van der Waals surface area contributed by atoms with Gasteiger partial charge in [-0.3, -0.25) is 9.78 Å². The van der Waals surface area contributed by atoms with Crippen molar-refractivity contribution in [3.8, 4) is 5.75 Å². The Balaban J connectivity index is 1.79. The van der Waals surface area contributed by atoms with Gasteiger partial charge in [-0.15, -0.1) is 0 Å². The Labute approximate surface area is 158 Å². The molecule has 7 nitrogen and oxygen atoms in total. The average Bonchev–Trinajstić information content (AvgIpc) is 2.69. The van der Waals surface area contributed by atoms with Crippen LogP contribution in [-0.4, -0.2) is 40.3 Å². The lowest BCUT2D eigenvalue weighted by Gasteiger charge is -2.30.